The quantitative estimate of drug-likeness (QED) is 0.891. The van der Waals surface area contributed by atoms with Crippen molar-refractivity contribution in [1.29, 1.82) is 0 Å². The highest BCUT2D eigenvalue weighted by Gasteiger charge is 2.31. The van der Waals surface area contributed by atoms with Crippen LogP contribution in [0.2, 0.25) is 0 Å². The number of amides is 1. The number of hydrogen-bond acceptors (Lipinski definition) is 2. The topological polar surface area (TPSA) is 49.3 Å². The highest BCUT2D eigenvalue weighted by atomic mass is 19.4. The van der Waals surface area contributed by atoms with Crippen molar-refractivity contribution in [3.63, 3.8) is 0 Å². The summed E-state index contributed by atoms with van der Waals surface area (Å²) in [5.74, 6) is -1.38. The van der Waals surface area contributed by atoms with Gasteiger partial charge in [-0.3, -0.25) is 4.79 Å². The van der Waals surface area contributed by atoms with Gasteiger partial charge in [-0.15, -0.1) is 0 Å². The Labute approximate surface area is 125 Å². The molecule has 0 heterocycles. The Hall–Kier alpha value is -2.50. The lowest BCUT2D eigenvalue weighted by atomic mass is 10.1. The second-order valence-electron chi connectivity index (χ2n) is 4.73. The summed E-state index contributed by atoms with van der Waals surface area (Å²) < 4.78 is 37.5. The zero-order chi connectivity index (χ0) is 16.3. The number of carbonyl (C=O) groups excluding carboxylic acids is 1. The van der Waals surface area contributed by atoms with E-state index in [-0.39, 0.29) is 5.56 Å². The average Bonchev–Trinajstić information content (AvgIpc) is 2.46. The molecule has 0 saturated carbocycles. The maximum Gasteiger partial charge on any atom is 0.416 e. The number of rotatable bonds is 3. The Morgan fingerprint density at radius 1 is 1.14 bits per heavy atom. The summed E-state index contributed by atoms with van der Waals surface area (Å²) in [4.78, 5) is 12.0. The first kappa shape index (κ1) is 15.9. The van der Waals surface area contributed by atoms with Crippen molar-refractivity contribution in [2.45, 2.75) is 19.5 Å². The minimum absolute atomic E-state index is 0.215. The zero-order valence-electron chi connectivity index (χ0n) is 11.7. The molecule has 0 radical (unpaired) electrons. The molecule has 3 nitrogen and oxygen atoms in total. The molecule has 0 aliphatic heterocycles. The Bertz CT molecular complexity index is 679. The number of carbonyl (C=O) groups is 1. The van der Waals surface area contributed by atoms with E-state index >= 15 is 0 Å². The summed E-state index contributed by atoms with van der Waals surface area (Å²) in [5.41, 5.74) is 0.373. The van der Waals surface area contributed by atoms with Crippen LogP contribution in [0.15, 0.2) is 42.5 Å². The summed E-state index contributed by atoms with van der Waals surface area (Å²) >= 11 is 0. The predicted octanol–water partition coefficient (Wildman–Crippen LogP) is 4.23. The summed E-state index contributed by atoms with van der Waals surface area (Å²) in [6.45, 7) is 1.99. The van der Waals surface area contributed by atoms with Gasteiger partial charge in [0.15, 0.2) is 0 Å². The fraction of sp³-hybridized carbons (Fsp3) is 0.188. The van der Waals surface area contributed by atoms with Crippen molar-refractivity contribution in [1.82, 2.24) is 0 Å². The Kier molecular flexibility index (Phi) is 4.40. The number of nitrogens with one attached hydrogen (secondary N) is 1. The largest absolute Gasteiger partial charge is 0.507 e. The van der Waals surface area contributed by atoms with Gasteiger partial charge in [0, 0.05) is 5.69 Å². The predicted molar refractivity (Wildman–Crippen MR) is 76.9 cm³/mol. The van der Waals surface area contributed by atoms with E-state index in [1.165, 1.54) is 0 Å². The lowest BCUT2D eigenvalue weighted by molar-refractivity contribution is -0.137. The minimum atomic E-state index is -4.57. The Morgan fingerprint density at radius 2 is 1.77 bits per heavy atom. The lowest BCUT2D eigenvalue weighted by Gasteiger charge is -2.10. The van der Waals surface area contributed by atoms with Crippen molar-refractivity contribution in [3.05, 3.63) is 59.2 Å². The molecule has 0 aliphatic carbocycles. The number of phenolic OH excluding ortho intramolecular Hbond substituents is 1. The molecule has 2 N–H and O–H groups in total. The molecule has 2 aromatic carbocycles. The van der Waals surface area contributed by atoms with Crippen LogP contribution in [0.4, 0.5) is 18.9 Å². The van der Waals surface area contributed by atoms with Crippen LogP contribution in [-0.2, 0) is 12.6 Å². The van der Waals surface area contributed by atoms with Gasteiger partial charge in [0.1, 0.15) is 5.75 Å². The number of anilines is 1. The number of aromatic hydroxyl groups is 1. The monoisotopic (exact) mass is 309 g/mol. The summed E-state index contributed by atoms with van der Waals surface area (Å²) in [7, 11) is 0. The van der Waals surface area contributed by atoms with Crippen LogP contribution >= 0.6 is 0 Å². The van der Waals surface area contributed by atoms with E-state index in [4.69, 9.17) is 0 Å². The fourth-order valence-electron chi connectivity index (χ4n) is 1.92. The van der Waals surface area contributed by atoms with Crippen molar-refractivity contribution in [2.24, 2.45) is 0 Å². The SMILES string of the molecule is CCc1ccc(NC(=O)c2ccc(C(F)(F)F)cc2O)cc1. The molecular weight excluding hydrogens is 295 g/mol. The van der Waals surface area contributed by atoms with Crippen LogP contribution in [0.3, 0.4) is 0 Å². The van der Waals surface area contributed by atoms with Crippen LogP contribution in [0.5, 0.6) is 5.75 Å². The molecule has 0 aliphatic rings. The van der Waals surface area contributed by atoms with Gasteiger partial charge in [0.2, 0.25) is 0 Å². The van der Waals surface area contributed by atoms with Gasteiger partial charge in [-0.2, -0.15) is 13.2 Å². The molecule has 0 spiro atoms. The van der Waals surface area contributed by atoms with Crippen LogP contribution in [0, 0.1) is 0 Å². The molecule has 2 rings (SSSR count). The van der Waals surface area contributed by atoms with Crippen molar-refractivity contribution < 1.29 is 23.1 Å². The molecule has 0 saturated heterocycles. The van der Waals surface area contributed by atoms with Gasteiger partial charge in [-0.25, -0.2) is 0 Å². The maximum absolute atomic E-state index is 12.5. The van der Waals surface area contributed by atoms with Crippen LogP contribution in [-0.4, -0.2) is 11.0 Å². The molecule has 22 heavy (non-hydrogen) atoms. The third-order valence-electron chi connectivity index (χ3n) is 3.19. The number of aryl methyl sites for hydroxylation is 1. The second-order valence-corrected chi connectivity index (χ2v) is 4.73. The van der Waals surface area contributed by atoms with Gasteiger partial charge < -0.3 is 10.4 Å². The van der Waals surface area contributed by atoms with Gasteiger partial charge in [0.25, 0.3) is 5.91 Å². The van der Waals surface area contributed by atoms with E-state index in [0.717, 1.165) is 24.1 Å². The normalized spacial score (nSPS) is 11.3. The number of hydrogen-bond donors (Lipinski definition) is 2. The molecule has 0 bridgehead atoms. The molecule has 1 amide bonds. The van der Waals surface area contributed by atoms with Crippen LogP contribution in [0.25, 0.3) is 0 Å². The summed E-state index contributed by atoms with van der Waals surface area (Å²) in [5, 5.41) is 12.2. The van der Waals surface area contributed by atoms with E-state index in [9.17, 15) is 23.1 Å². The third-order valence-corrected chi connectivity index (χ3v) is 3.19. The van der Waals surface area contributed by atoms with Gasteiger partial charge in [0.05, 0.1) is 11.1 Å². The Balaban J connectivity index is 2.18. The lowest BCUT2D eigenvalue weighted by Crippen LogP contribution is -2.13. The van der Waals surface area contributed by atoms with E-state index in [2.05, 4.69) is 5.32 Å². The molecule has 6 heteroatoms. The molecule has 2 aromatic rings. The fourth-order valence-corrected chi connectivity index (χ4v) is 1.92. The number of alkyl halides is 3. The standard InChI is InChI=1S/C16H14F3NO2/c1-2-10-3-6-12(7-4-10)20-15(22)13-8-5-11(9-14(13)21)16(17,18)19/h3-9,21H,2H2,1H3,(H,20,22). The smallest absolute Gasteiger partial charge is 0.416 e. The molecule has 0 atom stereocenters. The van der Waals surface area contributed by atoms with Crippen LogP contribution < -0.4 is 5.32 Å². The molecule has 0 fully saturated rings. The minimum Gasteiger partial charge on any atom is -0.507 e. The Morgan fingerprint density at radius 3 is 2.27 bits per heavy atom. The second kappa shape index (κ2) is 6.09. The first-order chi connectivity index (χ1) is 10.3. The van der Waals surface area contributed by atoms with Crippen molar-refractivity contribution in [3.8, 4) is 5.75 Å². The average molecular weight is 309 g/mol. The number of halogens is 3. The van der Waals surface area contributed by atoms with Gasteiger partial charge in [-0.1, -0.05) is 19.1 Å². The number of benzene rings is 2. The van der Waals surface area contributed by atoms with E-state index in [1.54, 1.807) is 12.1 Å². The number of phenols is 1. The highest BCUT2D eigenvalue weighted by molar-refractivity contribution is 6.06. The maximum atomic E-state index is 12.5. The molecule has 0 aromatic heterocycles. The van der Waals surface area contributed by atoms with Gasteiger partial charge >= 0.3 is 6.18 Å². The summed E-state index contributed by atoms with van der Waals surface area (Å²) in [6, 6.07) is 9.30. The van der Waals surface area contributed by atoms with Crippen molar-refractivity contribution >= 4 is 11.6 Å². The van der Waals surface area contributed by atoms with E-state index in [0.29, 0.717) is 11.8 Å². The first-order valence-electron chi connectivity index (χ1n) is 6.61. The molecule has 116 valence electrons. The van der Waals surface area contributed by atoms with E-state index < -0.39 is 23.4 Å². The highest BCUT2D eigenvalue weighted by Crippen LogP contribution is 2.32. The van der Waals surface area contributed by atoms with Crippen LogP contribution in [0.1, 0.15) is 28.4 Å². The molecule has 0 unspecified atom stereocenters. The summed E-state index contributed by atoms with van der Waals surface area (Å²) in [6.07, 6.45) is -3.71. The first-order valence-corrected chi connectivity index (χ1v) is 6.61. The van der Waals surface area contributed by atoms with E-state index in [1.807, 2.05) is 19.1 Å². The van der Waals surface area contributed by atoms with Gasteiger partial charge in [-0.05, 0) is 42.3 Å². The molecular formula is C16H14F3NO2. The third kappa shape index (κ3) is 3.58. The van der Waals surface area contributed by atoms with Crippen molar-refractivity contribution in [2.75, 3.05) is 5.32 Å². The zero-order valence-corrected chi connectivity index (χ0v) is 11.7.